The maximum Gasteiger partial charge on any atom is 0.407 e. The number of carbonyl (C=O) groups excluding carboxylic acids is 3. The van der Waals surface area contributed by atoms with E-state index in [1.165, 1.54) is 24.3 Å². The van der Waals surface area contributed by atoms with Crippen LogP contribution in [0.25, 0.3) is 0 Å². The average molecular weight is 643 g/mol. The number of alkyl halides is 3. The van der Waals surface area contributed by atoms with Crippen molar-refractivity contribution in [2.24, 2.45) is 0 Å². The van der Waals surface area contributed by atoms with Crippen molar-refractivity contribution in [1.29, 1.82) is 0 Å². The number of hydrogen-bond acceptors (Lipinski definition) is 9. The molecule has 3 aliphatic rings. The smallest absolute Gasteiger partial charge is 0.407 e. The van der Waals surface area contributed by atoms with Crippen LogP contribution >= 0.6 is 34.8 Å². The maximum absolute atomic E-state index is 13.2. The van der Waals surface area contributed by atoms with Crippen LogP contribution in [-0.2, 0) is 23.7 Å². The molecule has 1 heterocycles. The van der Waals surface area contributed by atoms with E-state index < -0.39 is 64.7 Å². The van der Waals surface area contributed by atoms with Gasteiger partial charge in [0.15, 0.2) is 18.3 Å². The van der Waals surface area contributed by atoms with Gasteiger partial charge in [-0.1, -0.05) is 90.5 Å². The Morgan fingerprint density at radius 2 is 1.26 bits per heavy atom. The molecule has 13 heteroatoms. The fraction of sp³-hybridized carbons (Fsp3) is 0.483. The van der Waals surface area contributed by atoms with Crippen LogP contribution in [0.15, 0.2) is 60.7 Å². The van der Waals surface area contributed by atoms with Gasteiger partial charge in [-0.2, -0.15) is 0 Å². The standard InChI is InChI=1S/C29H30Cl3NO9/c30-29(31,32)27-40-21-19(34)20(38-25(35)16-10-4-1-5-11-16)22(39-26(36)17-12-6-2-7-13-17)24(23(21)41-27)42-28(37)33-18-14-8-3-9-15-18/h1-2,4-7,10-13,18-24,27,34H,3,8-9,14-15H2,(H,33,37)/t19-,20-,21+,22-,23+,24+,27-/m1/s1. The van der Waals surface area contributed by atoms with Crippen LogP contribution < -0.4 is 5.32 Å². The van der Waals surface area contributed by atoms with Crippen molar-refractivity contribution in [1.82, 2.24) is 5.32 Å². The lowest BCUT2D eigenvalue weighted by Crippen LogP contribution is -2.66. The summed E-state index contributed by atoms with van der Waals surface area (Å²) in [5, 5.41) is 14.3. The van der Waals surface area contributed by atoms with Crippen LogP contribution in [0, 0.1) is 0 Å². The van der Waals surface area contributed by atoms with Crippen molar-refractivity contribution in [2.75, 3.05) is 0 Å². The molecular formula is C29H30Cl3NO9. The molecule has 3 fully saturated rings. The minimum Gasteiger partial charge on any atom is -0.452 e. The average Bonchev–Trinajstić information content (AvgIpc) is 3.45. The summed E-state index contributed by atoms with van der Waals surface area (Å²) in [5.41, 5.74) is 0.352. The van der Waals surface area contributed by atoms with Gasteiger partial charge in [-0.3, -0.25) is 0 Å². The Hall–Kier alpha value is -2.60. The lowest BCUT2D eigenvalue weighted by atomic mass is 9.84. The third-order valence-electron chi connectivity index (χ3n) is 7.47. The fourth-order valence-electron chi connectivity index (χ4n) is 5.43. The second-order valence-electron chi connectivity index (χ2n) is 10.4. The van der Waals surface area contributed by atoms with Crippen molar-refractivity contribution in [3.63, 3.8) is 0 Å². The van der Waals surface area contributed by atoms with Gasteiger partial charge in [0, 0.05) is 6.04 Å². The largest absolute Gasteiger partial charge is 0.452 e. The molecule has 5 rings (SSSR count). The third kappa shape index (κ3) is 7.12. The summed E-state index contributed by atoms with van der Waals surface area (Å²) in [5.74, 6) is -1.63. The van der Waals surface area contributed by atoms with Gasteiger partial charge < -0.3 is 34.1 Å². The number of aliphatic hydroxyl groups excluding tert-OH is 1. The molecule has 10 nitrogen and oxygen atoms in total. The van der Waals surface area contributed by atoms with Gasteiger partial charge in [0.1, 0.15) is 18.3 Å². The van der Waals surface area contributed by atoms with Gasteiger partial charge in [-0.05, 0) is 37.1 Å². The number of hydrogen-bond donors (Lipinski definition) is 2. The van der Waals surface area contributed by atoms with Crippen LogP contribution in [0.3, 0.4) is 0 Å². The Bertz CT molecular complexity index is 1240. The molecule has 2 N–H and O–H groups in total. The molecule has 2 saturated carbocycles. The highest BCUT2D eigenvalue weighted by molar-refractivity contribution is 6.67. The summed E-state index contributed by atoms with van der Waals surface area (Å²) in [6.45, 7) is 0. The summed E-state index contributed by atoms with van der Waals surface area (Å²) in [7, 11) is 0. The van der Waals surface area contributed by atoms with E-state index in [9.17, 15) is 19.5 Å². The van der Waals surface area contributed by atoms with E-state index in [2.05, 4.69) is 5.32 Å². The monoisotopic (exact) mass is 641 g/mol. The van der Waals surface area contributed by atoms with Crippen molar-refractivity contribution >= 4 is 52.8 Å². The number of ether oxygens (including phenoxy) is 5. The zero-order chi connectivity index (χ0) is 29.9. The first-order valence-electron chi connectivity index (χ1n) is 13.7. The Morgan fingerprint density at radius 1 is 0.738 bits per heavy atom. The molecule has 42 heavy (non-hydrogen) atoms. The van der Waals surface area contributed by atoms with Crippen molar-refractivity contribution in [2.45, 2.75) is 84.9 Å². The number of nitrogens with one attached hydrogen (secondary N) is 1. The Balaban J connectivity index is 1.48. The summed E-state index contributed by atoms with van der Waals surface area (Å²) in [6.07, 6.45) is -6.41. The van der Waals surface area contributed by atoms with Crippen LogP contribution in [0.1, 0.15) is 52.8 Å². The van der Waals surface area contributed by atoms with Crippen LogP contribution in [0.2, 0.25) is 0 Å². The number of esters is 2. The predicted octanol–water partition coefficient (Wildman–Crippen LogP) is 4.72. The molecule has 0 radical (unpaired) electrons. The van der Waals surface area contributed by atoms with Gasteiger partial charge in [0.2, 0.25) is 10.1 Å². The second kappa shape index (κ2) is 13.4. The van der Waals surface area contributed by atoms with Gasteiger partial charge >= 0.3 is 18.0 Å². The minimum absolute atomic E-state index is 0.108. The second-order valence-corrected chi connectivity index (χ2v) is 12.8. The molecule has 0 aromatic heterocycles. The molecule has 1 saturated heterocycles. The number of aliphatic hydroxyl groups is 1. The Morgan fingerprint density at radius 3 is 1.81 bits per heavy atom. The van der Waals surface area contributed by atoms with Crippen molar-refractivity contribution in [3.05, 3.63) is 71.8 Å². The molecule has 7 atom stereocenters. The first kappa shape index (κ1) is 30.8. The number of fused-ring (bicyclic) bond motifs is 1. The maximum atomic E-state index is 13.2. The third-order valence-corrected chi connectivity index (χ3v) is 8.01. The van der Waals surface area contributed by atoms with Crippen molar-refractivity contribution < 1.29 is 43.2 Å². The van der Waals surface area contributed by atoms with E-state index in [4.69, 9.17) is 58.5 Å². The number of alkyl carbamates (subject to hydrolysis) is 1. The molecule has 226 valence electrons. The highest BCUT2D eigenvalue weighted by Crippen LogP contribution is 2.44. The molecule has 2 aromatic carbocycles. The van der Waals surface area contributed by atoms with E-state index >= 15 is 0 Å². The number of halogens is 3. The molecule has 0 unspecified atom stereocenters. The number of benzene rings is 2. The van der Waals surface area contributed by atoms with E-state index in [1.54, 1.807) is 36.4 Å². The van der Waals surface area contributed by atoms with Crippen LogP contribution in [-0.4, -0.2) is 75.9 Å². The molecular weight excluding hydrogens is 613 g/mol. The normalized spacial score (nSPS) is 29.7. The Labute approximate surface area is 257 Å². The van der Waals surface area contributed by atoms with Gasteiger partial charge in [-0.15, -0.1) is 0 Å². The molecule has 0 spiro atoms. The van der Waals surface area contributed by atoms with Gasteiger partial charge in [0.25, 0.3) is 0 Å². The zero-order valence-corrected chi connectivity index (χ0v) is 24.5. The lowest BCUT2D eigenvalue weighted by Gasteiger charge is -2.43. The van der Waals surface area contributed by atoms with Crippen LogP contribution in [0.5, 0.6) is 0 Å². The summed E-state index contributed by atoms with van der Waals surface area (Å²) >= 11 is 18.1. The topological polar surface area (TPSA) is 130 Å². The number of carbonyl (C=O) groups is 3. The van der Waals surface area contributed by atoms with Crippen LogP contribution in [0.4, 0.5) is 4.79 Å². The quantitative estimate of drug-likeness (QED) is 0.261. The molecule has 2 aliphatic carbocycles. The van der Waals surface area contributed by atoms with Crippen molar-refractivity contribution in [3.8, 4) is 0 Å². The lowest BCUT2D eigenvalue weighted by molar-refractivity contribution is -0.194. The highest BCUT2D eigenvalue weighted by Gasteiger charge is 2.63. The first-order chi connectivity index (χ1) is 20.1. The van der Waals surface area contributed by atoms with E-state index in [1.807, 2.05) is 0 Å². The fourth-order valence-corrected chi connectivity index (χ4v) is 5.74. The van der Waals surface area contributed by atoms with E-state index in [0.29, 0.717) is 0 Å². The summed E-state index contributed by atoms with van der Waals surface area (Å²) < 4.78 is 26.9. The highest BCUT2D eigenvalue weighted by atomic mass is 35.6. The predicted molar refractivity (Wildman–Crippen MR) is 151 cm³/mol. The van der Waals surface area contributed by atoms with Gasteiger partial charge in [0.05, 0.1) is 11.1 Å². The molecule has 2 aromatic rings. The Kier molecular flexibility index (Phi) is 9.81. The van der Waals surface area contributed by atoms with Gasteiger partial charge in [-0.25, -0.2) is 14.4 Å². The van der Waals surface area contributed by atoms with E-state index in [-0.39, 0.29) is 17.2 Å². The molecule has 0 bridgehead atoms. The first-order valence-corrected chi connectivity index (χ1v) is 14.8. The zero-order valence-electron chi connectivity index (χ0n) is 22.3. The number of rotatable bonds is 6. The summed E-state index contributed by atoms with van der Waals surface area (Å²) in [6, 6.07) is 16.0. The number of amides is 1. The van der Waals surface area contributed by atoms with E-state index in [0.717, 1.165) is 32.1 Å². The SMILES string of the molecule is O=C(NC1CCCCC1)O[C@@H]1[C@H]2O[C@H](C(Cl)(Cl)Cl)O[C@H]2[C@H](O)[C@@H](OC(=O)c2ccccc2)[C@H]1OC(=O)c1ccccc1. The summed E-state index contributed by atoms with van der Waals surface area (Å²) in [4.78, 5) is 39.5. The minimum atomic E-state index is -2.08. The molecule has 1 aliphatic heterocycles. The molecule has 1 amide bonds.